The zero-order chi connectivity index (χ0) is 26.0. The highest BCUT2D eigenvalue weighted by Crippen LogP contribution is 2.48. The summed E-state index contributed by atoms with van der Waals surface area (Å²) in [6.45, 7) is 3.61. The van der Waals surface area contributed by atoms with E-state index in [1.807, 2.05) is 13.8 Å². The number of nitriles is 1. The molecule has 0 saturated heterocycles. The molecule has 0 radical (unpaired) electrons. The van der Waals surface area contributed by atoms with Crippen molar-refractivity contribution in [3.05, 3.63) is 75.5 Å². The first-order chi connectivity index (χ1) is 17.1. The minimum atomic E-state index is -0.929. The topological polar surface area (TPSA) is 155 Å². The van der Waals surface area contributed by atoms with Gasteiger partial charge in [-0.3, -0.25) is 25.1 Å². The largest absolute Gasteiger partial charge is 0.484 e. The molecule has 0 aromatic heterocycles. The predicted octanol–water partition coefficient (Wildman–Crippen LogP) is 4.49. The molecule has 1 aliphatic heterocycles. The Hall–Kier alpha value is -4.52. The average molecular weight is 489 g/mol. The number of hydrogen-bond acceptors (Lipinski definition) is 8. The number of Topliss-reactive ketones (excluding diaryl/α,β-unsaturated/α-hetero) is 1. The molecule has 1 heterocycles. The summed E-state index contributed by atoms with van der Waals surface area (Å²) in [5.74, 6) is -1.47. The van der Waals surface area contributed by atoms with Gasteiger partial charge in [0, 0.05) is 42.2 Å². The monoisotopic (exact) mass is 488 g/mol. The first kappa shape index (κ1) is 24.6. The number of nitro groups is 1. The van der Waals surface area contributed by atoms with E-state index in [0.29, 0.717) is 35.5 Å². The Morgan fingerprint density at radius 3 is 2.67 bits per heavy atom. The highest BCUT2D eigenvalue weighted by atomic mass is 16.6. The van der Waals surface area contributed by atoms with Gasteiger partial charge in [0.2, 0.25) is 5.90 Å². The lowest BCUT2D eigenvalue weighted by Gasteiger charge is -2.39. The summed E-state index contributed by atoms with van der Waals surface area (Å²) in [6.07, 6.45) is 0.837. The third-order valence-corrected chi connectivity index (χ3v) is 6.13. The second-order valence-corrected chi connectivity index (χ2v) is 9.54. The average Bonchev–Trinajstić information content (AvgIpc) is 2.81. The number of rotatable bonds is 6. The molecule has 0 bridgehead atoms. The van der Waals surface area contributed by atoms with E-state index in [-0.39, 0.29) is 35.1 Å². The van der Waals surface area contributed by atoms with Crippen LogP contribution < -0.4 is 10.1 Å². The number of nitrogens with zero attached hydrogens (tertiary/aromatic N) is 2. The highest BCUT2D eigenvalue weighted by Gasteiger charge is 2.46. The first-order valence-electron chi connectivity index (χ1n) is 11.3. The fourth-order valence-electron chi connectivity index (χ4n) is 4.54. The van der Waals surface area contributed by atoms with Crippen LogP contribution in [0.1, 0.15) is 38.2 Å². The Morgan fingerprint density at radius 1 is 1.28 bits per heavy atom. The van der Waals surface area contributed by atoms with E-state index < -0.39 is 22.7 Å². The van der Waals surface area contributed by atoms with Crippen molar-refractivity contribution >= 4 is 29.0 Å². The Kier molecular flexibility index (Phi) is 6.57. The van der Waals surface area contributed by atoms with Gasteiger partial charge in [-0.15, -0.1) is 0 Å². The van der Waals surface area contributed by atoms with Crippen LogP contribution in [0.15, 0.2) is 59.9 Å². The molecule has 10 heteroatoms. The van der Waals surface area contributed by atoms with Gasteiger partial charge in [0.25, 0.3) is 11.6 Å². The maximum absolute atomic E-state index is 13.0. The summed E-state index contributed by atoms with van der Waals surface area (Å²) in [5.41, 5.74) is 0.968. The van der Waals surface area contributed by atoms with Gasteiger partial charge in [-0.1, -0.05) is 32.0 Å². The Balaban J connectivity index is 1.48. The van der Waals surface area contributed by atoms with Crippen LogP contribution >= 0.6 is 0 Å². The minimum Gasteiger partial charge on any atom is -0.484 e. The van der Waals surface area contributed by atoms with Crippen molar-refractivity contribution in [1.82, 2.24) is 0 Å². The van der Waals surface area contributed by atoms with Gasteiger partial charge in [0.15, 0.2) is 12.4 Å². The molecule has 184 valence electrons. The maximum atomic E-state index is 13.0. The smallest absolute Gasteiger partial charge is 0.271 e. The molecule has 0 spiro atoms. The number of ketones is 1. The Morgan fingerprint density at radius 2 is 2.00 bits per heavy atom. The van der Waals surface area contributed by atoms with Crippen molar-refractivity contribution in [3.8, 4) is 11.8 Å². The van der Waals surface area contributed by atoms with E-state index in [1.54, 1.807) is 24.3 Å². The molecular weight excluding hydrogens is 464 g/mol. The quantitative estimate of drug-likeness (QED) is 0.448. The van der Waals surface area contributed by atoms with Gasteiger partial charge in [0.05, 0.1) is 11.0 Å². The maximum Gasteiger partial charge on any atom is 0.271 e. The number of amides is 1. The van der Waals surface area contributed by atoms with Crippen LogP contribution in [0.3, 0.4) is 0 Å². The third-order valence-electron chi connectivity index (χ3n) is 6.13. The molecule has 2 aliphatic rings. The van der Waals surface area contributed by atoms with Gasteiger partial charge in [0.1, 0.15) is 17.4 Å². The molecule has 1 amide bonds. The van der Waals surface area contributed by atoms with Crippen LogP contribution in [-0.2, 0) is 14.3 Å². The Labute approximate surface area is 207 Å². The van der Waals surface area contributed by atoms with E-state index in [0.717, 1.165) is 0 Å². The number of benzene rings is 2. The molecular formula is C26H24N4O6. The van der Waals surface area contributed by atoms with Crippen LogP contribution in [0.5, 0.6) is 5.75 Å². The fraction of sp³-hybridized carbons (Fsp3) is 0.308. The second kappa shape index (κ2) is 9.62. The number of anilines is 1. The number of nitrogens with one attached hydrogen (secondary N) is 2. The fourth-order valence-corrected chi connectivity index (χ4v) is 4.54. The summed E-state index contributed by atoms with van der Waals surface area (Å²) in [7, 11) is 0. The lowest BCUT2D eigenvalue weighted by molar-refractivity contribution is -0.384. The number of carbonyl (C=O) groups is 2. The van der Waals surface area contributed by atoms with Crippen molar-refractivity contribution in [2.45, 2.75) is 32.6 Å². The van der Waals surface area contributed by atoms with Crippen molar-refractivity contribution in [3.63, 3.8) is 0 Å². The summed E-state index contributed by atoms with van der Waals surface area (Å²) in [6, 6.07) is 14.3. The SMILES string of the molecule is CC1(C)CC(=O)C2=C(C1)OC(=N)C(C#N)C2c1ccc(OCC(=O)Nc2cccc([N+](=O)[O-])c2)cc1. The molecule has 2 aromatic rings. The molecule has 2 aromatic carbocycles. The van der Waals surface area contributed by atoms with Crippen LogP contribution in [0.25, 0.3) is 0 Å². The number of allylic oxidation sites excluding steroid dienone is 2. The number of carbonyl (C=O) groups excluding carboxylic acids is 2. The summed E-state index contributed by atoms with van der Waals surface area (Å²) >= 11 is 0. The first-order valence-corrected chi connectivity index (χ1v) is 11.3. The molecule has 2 atom stereocenters. The summed E-state index contributed by atoms with van der Waals surface area (Å²) in [5, 5.41) is 31.4. The summed E-state index contributed by atoms with van der Waals surface area (Å²) in [4.78, 5) is 35.6. The zero-order valence-electron chi connectivity index (χ0n) is 19.7. The van der Waals surface area contributed by atoms with E-state index >= 15 is 0 Å². The predicted molar refractivity (Wildman–Crippen MR) is 129 cm³/mol. The van der Waals surface area contributed by atoms with E-state index in [9.17, 15) is 25.0 Å². The highest BCUT2D eigenvalue weighted by molar-refractivity contribution is 6.01. The molecule has 2 N–H and O–H groups in total. The van der Waals surface area contributed by atoms with Gasteiger partial charge in [-0.25, -0.2) is 0 Å². The van der Waals surface area contributed by atoms with E-state index in [1.165, 1.54) is 24.3 Å². The zero-order valence-corrected chi connectivity index (χ0v) is 19.7. The van der Waals surface area contributed by atoms with Gasteiger partial charge in [-0.05, 0) is 29.2 Å². The molecule has 36 heavy (non-hydrogen) atoms. The van der Waals surface area contributed by atoms with Gasteiger partial charge >= 0.3 is 0 Å². The van der Waals surface area contributed by atoms with Crippen LogP contribution in [0.2, 0.25) is 0 Å². The molecule has 4 rings (SSSR count). The standard InChI is InChI=1S/C26H24N4O6/c1-26(2)11-20(31)24-21(12-26)36-25(28)19(13-27)23(24)15-6-8-18(9-7-15)35-14-22(32)29-16-4-3-5-17(10-16)30(33)34/h3-10,19,23,28H,11-12,14H2,1-2H3,(H,29,32). The number of nitro benzene ring substituents is 1. The summed E-state index contributed by atoms with van der Waals surface area (Å²) < 4.78 is 11.2. The molecule has 0 saturated carbocycles. The van der Waals surface area contributed by atoms with E-state index in [2.05, 4.69) is 11.4 Å². The number of hydrogen-bond donors (Lipinski definition) is 2. The third kappa shape index (κ3) is 5.10. The van der Waals surface area contributed by atoms with Gasteiger partial charge < -0.3 is 14.8 Å². The van der Waals surface area contributed by atoms with Crippen LogP contribution in [0, 0.1) is 38.2 Å². The lowest BCUT2D eigenvalue weighted by atomic mass is 9.68. The van der Waals surface area contributed by atoms with Crippen LogP contribution in [-0.4, -0.2) is 29.1 Å². The molecule has 2 unspecified atom stereocenters. The molecule has 10 nitrogen and oxygen atoms in total. The Bertz CT molecular complexity index is 1320. The van der Waals surface area contributed by atoms with Crippen molar-refractivity contribution in [1.29, 1.82) is 10.7 Å². The molecule has 0 fully saturated rings. The molecule has 1 aliphatic carbocycles. The van der Waals surface area contributed by atoms with Crippen molar-refractivity contribution in [2.75, 3.05) is 11.9 Å². The number of non-ortho nitro benzene ring substituents is 1. The van der Waals surface area contributed by atoms with Crippen molar-refractivity contribution < 1.29 is 24.0 Å². The van der Waals surface area contributed by atoms with Gasteiger partial charge in [-0.2, -0.15) is 5.26 Å². The lowest BCUT2D eigenvalue weighted by Crippen LogP contribution is -2.38. The second-order valence-electron chi connectivity index (χ2n) is 9.54. The normalized spacial score (nSPS) is 20.6. The van der Waals surface area contributed by atoms with Crippen LogP contribution in [0.4, 0.5) is 11.4 Å². The van der Waals surface area contributed by atoms with E-state index in [4.69, 9.17) is 14.9 Å². The minimum absolute atomic E-state index is 0.0860. The van der Waals surface area contributed by atoms with Crippen molar-refractivity contribution in [2.24, 2.45) is 11.3 Å². The number of ether oxygens (including phenoxy) is 2.